The number of allylic oxidation sites excluding steroid dienone is 1. The number of amides is 1. The van der Waals surface area contributed by atoms with E-state index in [-0.39, 0.29) is 34.2 Å². The topological polar surface area (TPSA) is 75.7 Å². The Bertz CT molecular complexity index is 853. The Morgan fingerprint density at radius 1 is 1.42 bits per heavy atom. The van der Waals surface area contributed by atoms with E-state index < -0.39 is 21.9 Å². The molecule has 1 saturated heterocycles. The first kappa shape index (κ1) is 16.8. The second-order valence-electron chi connectivity index (χ2n) is 5.50. The Balaban J connectivity index is 1.83. The van der Waals surface area contributed by atoms with Gasteiger partial charge in [0.1, 0.15) is 12.4 Å². The van der Waals surface area contributed by atoms with E-state index in [4.69, 9.17) is 16.3 Å². The van der Waals surface area contributed by atoms with E-state index in [1.165, 1.54) is 23.1 Å². The van der Waals surface area contributed by atoms with Crippen LogP contribution in [0.4, 0.5) is 14.9 Å². The van der Waals surface area contributed by atoms with Gasteiger partial charge in [0.2, 0.25) is 0 Å². The highest BCUT2D eigenvalue weighted by Gasteiger charge is 2.35. The van der Waals surface area contributed by atoms with Crippen LogP contribution in [-0.4, -0.2) is 39.1 Å². The molecular weight excluding hydrogens is 359 g/mol. The second-order valence-corrected chi connectivity index (χ2v) is 7.59. The smallest absolute Gasteiger partial charge is 0.410 e. The molecule has 0 saturated carbocycles. The summed E-state index contributed by atoms with van der Waals surface area (Å²) >= 11 is 5.66. The van der Waals surface area contributed by atoms with E-state index >= 15 is 0 Å². The lowest BCUT2D eigenvalue weighted by Crippen LogP contribution is -2.48. The summed E-state index contributed by atoms with van der Waals surface area (Å²) in [6.45, 7) is 0.111. The van der Waals surface area contributed by atoms with E-state index in [2.05, 4.69) is 4.72 Å². The monoisotopic (exact) mass is 372 g/mol. The number of cyclic esters (lactones) is 1. The van der Waals surface area contributed by atoms with Crippen LogP contribution in [0.25, 0.3) is 0 Å². The van der Waals surface area contributed by atoms with Gasteiger partial charge < -0.3 is 9.64 Å². The van der Waals surface area contributed by atoms with Crippen LogP contribution < -0.4 is 4.72 Å². The summed E-state index contributed by atoms with van der Waals surface area (Å²) in [5.74, 6) is -0.896. The molecule has 128 valence electrons. The molecule has 24 heavy (non-hydrogen) atoms. The summed E-state index contributed by atoms with van der Waals surface area (Å²) in [5, 5.41) is -0.177. The van der Waals surface area contributed by atoms with Crippen molar-refractivity contribution in [3.63, 3.8) is 0 Å². The van der Waals surface area contributed by atoms with Crippen molar-refractivity contribution in [3.05, 3.63) is 52.2 Å². The van der Waals surface area contributed by atoms with Gasteiger partial charge in [-0.3, -0.25) is 4.72 Å². The van der Waals surface area contributed by atoms with Gasteiger partial charge in [-0.25, -0.2) is 17.6 Å². The highest BCUT2D eigenvalue weighted by atomic mass is 35.5. The molecule has 1 aliphatic carbocycles. The Morgan fingerprint density at radius 2 is 2.17 bits per heavy atom. The molecule has 2 unspecified atom stereocenters. The number of hydrogen-bond acceptors (Lipinski definition) is 4. The van der Waals surface area contributed by atoms with Gasteiger partial charge in [0.15, 0.2) is 0 Å². The van der Waals surface area contributed by atoms with Gasteiger partial charge in [0.25, 0.3) is 10.0 Å². The maximum atomic E-state index is 13.2. The van der Waals surface area contributed by atoms with Crippen molar-refractivity contribution in [2.45, 2.75) is 6.04 Å². The van der Waals surface area contributed by atoms with Crippen LogP contribution in [0, 0.1) is 11.7 Å². The first-order valence-electron chi connectivity index (χ1n) is 7.05. The van der Waals surface area contributed by atoms with E-state index in [0.717, 1.165) is 6.07 Å². The maximum Gasteiger partial charge on any atom is 0.410 e. The van der Waals surface area contributed by atoms with E-state index in [0.29, 0.717) is 0 Å². The van der Waals surface area contributed by atoms with Crippen molar-refractivity contribution in [2.24, 2.45) is 5.92 Å². The molecule has 3 rings (SSSR count). The number of carbonyl (C=O) groups is 1. The number of sulfonamides is 1. The van der Waals surface area contributed by atoms with E-state index in [1.54, 1.807) is 19.2 Å². The molecule has 1 aromatic rings. The number of likely N-dealkylation sites (N-methyl/N-ethyl adjacent to an activating group) is 1. The summed E-state index contributed by atoms with van der Waals surface area (Å²) < 4.78 is 45.5. The van der Waals surface area contributed by atoms with Gasteiger partial charge in [-0.05, 0) is 24.3 Å². The van der Waals surface area contributed by atoms with Crippen molar-refractivity contribution in [2.75, 3.05) is 18.4 Å². The van der Waals surface area contributed by atoms with Gasteiger partial charge in [-0.15, -0.1) is 0 Å². The highest BCUT2D eigenvalue weighted by Crippen LogP contribution is 2.29. The van der Waals surface area contributed by atoms with E-state index in [1.807, 2.05) is 0 Å². The fraction of sp³-hybridized carbons (Fsp3) is 0.267. The molecule has 1 heterocycles. The number of anilines is 1. The zero-order chi connectivity index (χ0) is 17.5. The minimum Gasteiger partial charge on any atom is -0.449 e. The minimum atomic E-state index is -3.86. The molecule has 1 aromatic carbocycles. The normalized spacial score (nSPS) is 23.4. The molecule has 0 spiro atoms. The molecule has 2 aliphatic rings. The van der Waals surface area contributed by atoms with Crippen molar-refractivity contribution < 1.29 is 22.3 Å². The lowest BCUT2D eigenvalue weighted by atomic mass is 9.94. The average molecular weight is 373 g/mol. The Hall–Kier alpha value is -2.06. The summed E-state index contributed by atoms with van der Waals surface area (Å²) in [6, 6.07) is 3.31. The van der Waals surface area contributed by atoms with Crippen molar-refractivity contribution in [3.8, 4) is 0 Å². The second kappa shape index (κ2) is 6.10. The Kier molecular flexibility index (Phi) is 4.27. The standard InChI is InChI=1S/C15H14ClFN2O4S/c1-19-14-5-3-11(6-9(14)8-23-15(19)20)24(21,22)18-10-2-4-13(17)12(16)7-10/h2-7,9,14,18H,8H2,1H3. The van der Waals surface area contributed by atoms with Crippen molar-refractivity contribution in [1.82, 2.24) is 4.90 Å². The molecular formula is C15H14ClFN2O4S. The molecule has 0 radical (unpaired) electrons. The largest absolute Gasteiger partial charge is 0.449 e. The number of halogens is 2. The number of hydrogen-bond donors (Lipinski definition) is 1. The highest BCUT2D eigenvalue weighted by molar-refractivity contribution is 7.96. The fourth-order valence-electron chi connectivity index (χ4n) is 2.61. The predicted octanol–water partition coefficient (Wildman–Crippen LogP) is 2.74. The van der Waals surface area contributed by atoms with Crippen LogP contribution in [0.2, 0.25) is 5.02 Å². The van der Waals surface area contributed by atoms with Crippen LogP contribution in [-0.2, 0) is 14.8 Å². The van der Waals surface area contributed by atoms with Crippen LogP contribution in [0.5, 0.6) is 0 Å². The van der Waals surface area contributed by atoms with Gasteiger partial charge >= 0.3 is 6.09 Å². The van der Waals surface area contributed by atoms with Gasteiger partial charge in [-0.1, -0.05) is 23.8 Å². The predicted molar refractivity (Wildman–Crippen MR) is 87.6 cm³/mol. The SMILES string of the molecule is CN1C(=O)OCC2C=C(S(=O)(=O)Nc3ccc(F)c(Cl)c3)C=CC21. The minimum absolute atomic E-state index is 0.0514. The number of ether oxygens (including phenoxy) is 1. The first-order chi connectivity index (χ1) is 11.3. The molecule has 1 fully saturated rings. The molecule has 1 aliphatic heterocycles. The third-order valence-corrected chi connectivity index (χ3v) is 5.58. The first-order valence-corrected chi connectivity index (χ1v) is 8.91. The lowest BCUT2D eigenvalue weighted by molar-refractivity contribution is 0.0458. The fourth-order valence-corrected chi connectivity index (χ4v) is 3.96. The molecule has 2 atom stereocenters. The van der Waals surface area contributed by atoms with Gasteiger partial charge in [-0.2, -0.15) is 0 Å². The number of fused-ring (bicyclic) bond motifs is 1. The number of benzene rings is 1. The quantitative estimate of drug-likeness (QED) is 0.885. The maximum absolute atomic E-state index is 13.2. The summed E-state index contributed by atoms with van der Waals surface area (Å²) in [7, 11) is -2.27. The summed E-state index contributed by atoms with van der Waals surface area (Å²) in [5.41, 5.74) is 0.157. The lowest BCUT2D eigenvalue weighted by Gasteiger charge is -2.37. The molecule has 1 amide bonds. The Labute approximate surface area is 143 Å². The average Bonchev–Trinajstić information content (AvgIpc) is 2.54. The van der Waals surface area contributed by atoms with Gasteiger partial charge in [0, 0.05) is 13.0 Å². The van der Waals surface area contributed by atoms with Gasteiger partial charge in [0.05, 0.1) is 21.7 Å². The molecule has 1 N–H and O–H groups in total. The zero-order valence-electron chi connectivity index (χ0n) is 12.6. The molecule has 0 bridgehead atoms. The van der Waals surface area contributed by atoms with E-state index in [9.17, 15) is 17.6 Å². The van der Waals surface area contributed by atoms with Crippen LogP contribution in [0.1, 0.15) is 0 Å². The third-order valence-electron chi connectivity index (χ3n) is 3.89. The Morgan fingerprint density at radius 3 is 2.88 bits per heavy atom. The van der Waals surface area contributed by atoms with Crippen LogP contribution in [0.15, 0.2) is 41.3 Å². The van der Waals surface area contributed by atoms with Crippen molar-refractivity contribution in [1.29, 1.82) is 0 Å². The number of nitrogens with zero attached hydrogens (tertiary/aromatic N) is 1. The third kappa shape index (κ3) is 3.11. The van der Waals surface area contributed by atoms with Crippen LogP contribution >= 0.6 is 11.6 Å². The zero-order valence-corrected chi connectivity index (χ0v) is 14.1. The summed E-state index contributed by atoms with van der Waals surface area (Å²) in [6.07, 6.45) is 4.18. The number of carbonyl (C=O) groups excluding carboxylic acids is 1. The summed E-state index contributed by atoms with van der Waals surface area (Å²) in [4.78, 5) is 13.0. The van der Waals surface area contributed by atoms with Crippen LogP contribution in [0.3, 0.4) is 0 Å². The molecule has 9 heteroatoms. The van der Waals surface area contributed by atoms with Crippen molar-refractivity contribution >= 4 is 33.4 Å². The number of nitrogens with one attached hydrogen (secondary N) is 1. The molecule has 6 nitrogen and oxygen atoms in total. The molecule has 0 aromatic heterocycles. The number of rotatable bonds is 3.